The number of aromatic nitrogens is 2. The molecule has 0 bridgehead atoms. The quantitative estimate of drug-likeness (QED) is 0.273. The van der Waals surface area contributed by atoms with E-state index < -0.39 is 10.0 Å². The molecule has 1 aromatic heterocycles. The van der Waals surface area contributed by atoms with Crippen LogP contribution in [-0.4, -0.2) is 36.5 Å². The predicted octanol–water partition coefficient (Wildman–Crippen LogP) is 4.48. The first kappa shape index (κ1) is 24.7. The number of hydrogen-bond donors (Lipinski definition) is 4. The molecule has 1 heterocycles. The Morgan fingerprint density at radius 3 is 2.28 bits per heavy atom. The number of benzene rings is 3. The molecule has 0 aliphatic rings. The number of hydrogen-bond acceptors (Lipinski definition) is 8. The number of phenols is 1. The fourth-order valence-corrected chi connectivity index (χ4v) is 4.34. The molecule has 186 valence electrons. The van der Waals surface area contributed by atoms with Crippen LogP contribution in [0.5, 0.6) is 11.5 Å². The van der Waals surface area contributed by atoms with E-state index in [2.05, 4.69) is 25.3 Å². The molecule has 36 heavy (non-hydrogen) atoms. The lowest BCUT2D eigenvalue weighted by molar-refractivity contribution is -0.118. The molecule has 0 aliphatic heterocycles. The highest BCUT2D eigenvalue weighted by Gasteiger charge is 2.20. The van der Waals surface area contributed by atoms with Crippen LogP contribution in [0.1, 0.15) is 13.8 Å². The second kappa shape index (κ2) is 10.1. The van der Waals surface area contributed by atoms with Gasteiger partial charge in [-0.25, -0.2) is 18.4 Å². The standard InChI is InChI=1S/C25H25N5O5S/c1-15(2)25(32)27-16-7-6-8-20(13-16)36(33,34)30-24-23(28-21-9-4-5-10-22(21)29-24)26-17-11-18(31)14-19(12-17)35-3/h4-15,31H,1-3H3,(H,26,28)(H,27,32)(H,29,30). The Morgan fingerprint density at radius 2 is 1.61 bits per heavy atom. The van der Waals surface area contributed by atoms with Crippen molar-refractivity contribution >= 4 is 50.0 Å². The Hall–Kier alpha value is -4.38. The highest BCUT2D eigenvalue weighted by molar-refractivity contribution is 7.92. The lowest BCUT2D eigenvalue weighted by atomic mass is 10.2. The number of nitrogens with zero attached hydrogens (tertiary/aromatic N) is 2. The number of anilines is 4. The lowest BCUT2D eigenvalue weighted by Crippen LogP contribution is -2.19. The first-order chi connectivity index (χ1) is 17.1. The maximum Gasteiger partial charge on any atom is 0.263 e. The first-order valence-electron chi connectivity index (χ1n) is 11.0. The number of amides is 1. The van der Waals surface area contributed by atoms with E-state index in [1.807, 2.05) is 0 Å². The zero-order chi connectivity index (χ0) is 25.9. The summed E-state index contributed by atoms with van der Waals surface area (Å²) in [5, 5.41) is 15.7. The molecule has 4 N–H and O–H groups in total. The average molecular weight is 508 g/mol. The van der Waals surface area contributed by atoms with Gasteiger partial charge in [0.2, 0.25) is 5.91 Å². The zero-order valence-electron chi connectivity index (χ0n) is 19.8. The summed E-state index contributed by atoms with van der Waals surface area (Å²) in [5.41, 5.74) is 1.78. The Balaban J connectivity index is 1.72. The molecule has 0 fully saturated rings. The summed E-state index contributed by atoms with van der Waals surface area (Å²) in [6.45, 7) is 3.49. The van der Waals surface area contributed by atoms with Crippen LogP contribution in [0.2, 0.25) is 0 Å². The van der Waals surface area contributed by atoms with Crippen LogP contribution in [-0.2, 0) is 14.8 Å². The monoisotopic (exact) mass is 507 g/mol. The van der Waals surface area contributed by atoms with Crippen LogP contribution in [0.25, 0.3) is 11.0 Å². The molecule has 10 nitrogen and oxygen atoms in total. The topological polar surface area (TPSA) is 143 Å². The maximum absolute atomic E-state index is 13.3. The molecule has 0 radical (unpaired) electrons. The second-order valence-corrected chi connectivity index (χ2v) is 9.91. The number of carbonyl (C=O) groups is 1. The van der Waals surface area contributed by atoms with Gasteiger partial charge in [-0.05, 0) is 30.3 Å². The minimum Gasteiger partial charge on any atom is -0.508 e. The maximum atomic E-state index is 13.3. The molecule has 0 saturated heterocycles. The number of ether oxygens (including phenoxy) is 1. The van der Waals surface area contributed by atoms with Crippen molar-refractivity contribution in [1.29, 1.82) is 0 Å². The molecule has 0 saturated carbocycles. The van der Waals surface area contributed by atoms with E-state index in [1.54, 1.807) is 50.2 Å². The summed E-state index contributed by atoms with van der Waals surface area (Å²) in [4.78, 5) is 21.0. The van der Waals surface area contributed by atoms with Crippen molar-refractivity contribution in [3.05, 3.63) is 66.7 Å². The highest BCUT2D eigenvalue weighted by Crippen LogP contribution is 2.31. The normalized spacial score (nSPS) is 11.3. The van der Waals surface area contributed by atoms with Gasteiger partial charge in [0.15, 0.2) is 11.6 Å². The van der Waals surface area contributed by atoms with Crippen molar-refractivity contribution in [1.82, 2.24) is 9.97 Å². The van der Waals surface area contributed by atoms with Gasteiger partial charge in [-0.3, -0.25) is 9.52 Å². The van der Waals surface area contributed by atoms with Crippen LogP contribution in [0.4, 0.5) is 23.0 Å². The van der Waals surface area contributed by atoms with E-state index in [1.165, 1.54) is 37.4 Å². The molecule has 0 unspecified atom stereocenters. The largest absolute Gasteiger partial charge is 0.508 e. The van der Waals surface area contributed by atoms with Crippen molar-refractivity contribution < 1.29 is 23.1 Å². The molecular formula is C25H25N5O5S. The van der Waals surface area contributed by atoms with Gasteiger partial charge in [-0.15, -0.1) is 0 Å². The van der Waals surface area contributed by atoms with Gasteiger partial charge >= 0.3 is 0 Å². The SMILES string of the molecule is COc1cc(O)cc(Nc2nc3ccccc3nc2NS(=O)(=O)c2cccc(NC(=O)C(C)C)c2)c1. The van der Waals surface area contributed by atoms with Crippen molar-refractivity contribution in [2.24, 2.45) is 5.92 Å². The Labute approximate surface area is 208 Å². The van der Waals surface area contributed by atoms with Gasteiger partial charge in [0.25, 0.3) is 10.0 Å². The van der Waals surface area contributed by atoms with E-state index in [9.17, 15) is 18.3 Å². The Kier molecular flexibility index (Phi) is 6.93. The number of carbonyl (C=O) groups excluding carboxylic acids is 1. The third-order valence-electron chi connectivity index (χ3n) is 5.13. The summed E-state index contributed by atoms with van der Waals surface area (Å²) in [6.07, 6.45) is 0. The van der Waals surface area contributed by atoms with Crippen molar-refractivity contribution in [2.45, 2.75) is 18.7 Å². The summed E-state index contributed by atoms with van der Waals surface area (Å²) in [6, 6.07) is 17.4. The van der Waals surface area contributed by atoms with Crippen LogP contribution in [0, 0.1) is 5.92 Å². The second-order valence-electron chi connectivity index (χ2n) is 8.23. The van der Waals surface area contributed by atoms with Gasteiger partial charge in [-0.1, -0.05) is 32.0 Å². The summed E-state index contributed by atoms with van der Waals surface area (Å²) in [7, 11) is -2.65. The zero-order valence-corrected chi connectivity index (χ0v) is 20.6. The van der Waals surface area contributed by atoms with Gasteiger partial charge in [0.1, 0.15) is 11.5 Å². The summed E-state index contributed by atoms with van der Waals surface area (Å²) < 4.78 is 34.3. The number of rotatable bonds is 8. The summed E-state index contributed by atoms with van der Waals surface area (Å²) in [5.74, 6) is -0.0738. The fraction of sp³-hybridized carbons (Fsp3) is 0.160. The third-order valence-corrected chi connectivity index (χ3v) is 6.46. The molecule has 4 rings (SSSR count). The van der Waals surface area contributed by atoms with Gasteiger partial charge < -0.3 is 20.5 Å². The highest BCUT2D eigenvalue weighted by atomic mass is 32.2. The smallest absolute Gasteiger partial charge is 0.263 e. The van der Waals surface area contributed by atoms with Crippen LogP contribution >= 0.6 is 0 Å². The molecule has 3 aromatic carbocycles. The molecule has 0 spiro atoms. The third kappa shape index (κ3) is 5.63. The average Bonchev–Trinajstić information content (AvgIpc) is 2.84. The molecule has 0 atom stereocenters. The number of sulfonamides is 1. The Bertz CT molecular complexity index is 1540. The minimum atomic E-state index is -4.11. The summed E-state index contributed by atoms with van der Waals surface area (Å²) >= 11 is 0. The van der Waals surface area contributed by atoms with E-state index in [0.717, 1.165) is 0 Å². The van der Waals surface area contributed by atoms with Gasteiger partial charge in [0.05, 0.1) is 23.0 Å². The number of nitrogens with one attached hydrogen (secondary N) is 3. The van der Waals surface area contributed by atoms with Crippen LogP contribution in [0.3, 0.4) is 0 Å². The molecular weight excluding hydrogens is 482 g/mol. The van der Waals surface area contributed by atoms with Crippen LogP contribution < -0.4 is 20.1 Å². The number of para-hydroxylation sites is 2. The number of aromatic hydroxyl groups is 1. The van der Waals surface area contributed by atoms with Crippen LogP contribution in [0.15, 0.2) is 71.6 Å². The lowest BCUT2D eigenvalue weighted by Gasteiger charge is -2.15. The van der Waals surface area contributed by atoms with E-state index in [0.29, 0.717) is 28.2 Å². The molecule has 1 amide bonds. The molecule has 4 aromatic rings. The minimum absolute atomic E-state index is 0.0482. The van der Waals surface area contributed by atoms with Crippen molar-refractivity contribution in [3.63, 3.8) is 0 Å². The number of phenolic OH excluding ortho intramolecular Hbond substituents is 1. The Morgan fingerprint density at radius 1 is 0.917 bits per heavy atom. The van der Waals surface area contributed by atoms with E-state index in [4.69, 9.17) is 4.74 Å². The molecule has 0 aliphatic carbocycles. The fourth-order valence-electron chi connectivity index (χ4n) is 3.28. The van der Waals surface area contributed by atoms with E-state index in [-0.39, 0.29) is 34.1 Å². The van der Waals surface area contributed by atoms with Crippen molar-refractivity contribution in [2.75, 3.05) is 22.5 Å². The van der Waals surface area contributed by atoms with Crippen molar-refractivity contribution in [3.8, 4) is 11.5 Å². The molecule has 11 heteroatoms. The number of methoxy groups -OCH3 is 1. The predicted molar refractivity (Wildman–Crippen MR) is 138 cm³/mol. The van der Waals surface area contributed by atoms with E-state index >= 15 is 0 Å². The first-order valence-corrected chi connectivity index (χ1v) is 12.5. The van der Waals surface area contributed by atoms with Gasteiger partial charge in [0, 0.05) is 35.5 Å². The van der Waals surface area contributed by atoms with Gasteiger partial charge in [-0.2, -0.15) is 0 Å². The number of fused-ring (bicyclic) bond motifs is 1.